The Morgan fingerprint density at radius 2 is 2.09 bits per heavy atom. The van der Waals surface area contributed by atoms with Gasteiger partial charge in [-0.05, 0) is 12.5 Å². The highest BCUT2D eigenvalue weighted by Gasteiger charge is 2.32. The molecule has 2 atom stereocenters. The van der Waals surface area contributed by atoms with Crippen molar-refractivity contribution in [3.8, 4) is 0 Å². The van der Waals surface area contributed by atoms with E-state index in [0.29, 0.717) is 39.2 Å². The maximum absolute atomic E-state index is 12.3. The summed E-state index contributed by atoms with van der Waals surface area (Å²) in [5, 5.41) is 2.98. The number of nitrogens with one attached hydrogen (secondary N) is 1. The van der Waals surface area contributed by atoms with E-state index in [1.165, 1.54) is 0 Å². The van der Waals surface area contributed by atoms with Crippen molar-refractivity contribution in [1.82, 2.24) is 15.1 Å². The van der Waals surface area contributed by atoms with Crippen LogP contribution in [0.2, 0.25) is 0 Å². The van der Waals surface area contributed by atoms with Gasteiger partial charge in [-0.3, -0.25) is 4.79 Å². The zero-order valence-electron chi connectivity index (χ0n) is 13.4. The van der Waals surface area contributed by atoms with E-state index in [1.807, 2.05) is 42.2 Å². The number of amides is 3. The molecule has 2 heterocycles. The van der Waals surface area contributed by atoms with Crippen LogP contribution in [0, 0.1) is 0 Å². The molecule has 23 heavy (non-hydrogen) atoms. The molecule has 0 aliphatic carbocycles. The number of hydrogen-bond donors (Lipinski definition) is 1. The predicted octanol–water partition coefficient (Wildman–Crippen LogP) is 1.22. The number of likely N-dealkylation sites (tertiary alicyclic amines) is 1. The second-order valence-corrected chi connectivity index (χ2v) is 6.24. The lowest BCUT2D eigenvalue weighted by atomic mass is 10.2. The van der Waals surface area contributed by atoms with E-state index in [4.69, 9.17) is 4.74 Å². The van der Waals surface area contributed by atoms with Gasteiger partial charge in [0, 0.05) is 32.6 Å². The van der Waals surface area contributed by atoms with Gasteiger partial charge in [-0.15, -0.1) is 0 Å². The minimum Gasteiger partial charge on any atom is -0.375 e. The summed E-state index contributed by atoms with van der Waals surface area (Å²) in [6.07, 6.45) is 0.438. The maximum Gasteiger partial charge on any atom is 0.317 e. The maximum atomic E-state index is 12.3. The van der Waals surface area contributed by atoms with Crippen LogP contribution in [0.1, 0.15) is 18.9 Å². The van der Waals surface area contributed by atoms with Crippen molar-refractivity contribution in [1.29, 1.82) is 0 Å². The van der Waals surface area contributed by atoms with Crippen molar-refractivity contribution in [3.63, 3.8) is 0 Å². The largest absolute Gasteiger partial charge is 0.375 e. The van der Waals surface area contributed by atoms with Crippen LogP contribution in [0.15, 0.2) is 30.3 Å². The van der Waals surface area contributed by atoms with Gasteiger partial charge in [0.25, 0.3) is 0 Å². The summed E-state index contributed by atoms with van der Waals surface area (Å²) in [6.45, 7) is 4.89. The molecule has 0 unspecified atom stereocenters. The fourth-order valence-electron chi connectivity index (χ4n) is 3.09. The summed E-state index contributed by atoms with van der Waals surface area (Å²) in [7, 11) is 0. The van der Waals surface area contributed by atoms with Gasteiger partial charge in [0.15, 0.2) is 0 Å². The van der Waals surface area contributed by atoms with E-state index in [1.54, 1.807) is 4.90 Å². The van der Waals surface area contributed by atoms with Crippen LogP contribution in [-0.4, -0.2) is 60.1 Å². The third-order valence-electron chi connectivity index (χ3n) is 4.29. The van der Waals surface area contributed by atoms with Gasteiger partial charge in [-0.25, -0.2) is 4.79 Å². The Balaban J connectivity index is 1.52. The van der Waals surface area contributed by atoms with Crippen molar-refractivity contribution in [2.45, 2.75) is 32.0 Å². The number of morpholine rings is 1. The lowest BCUT2D eigenvalue weighted by molar-refractivity contribution is -0.128. The summed E-state index contributed by atoms with van der Waals surface area (Å²) in [4.78, 5) is 28.0. The quantitative estimate of drug-likeness (QED) is 0.912. The van der Waals surface area contributed by atoms with Gasteiger partial charge in [0.1, 0.15) is 0 Å². The normalized spacial score (nSPS) is 24.8. The SMILES string of the molecule is C[C@H]1CN(C(=O)N[C@@H]2CC(=O)N(Cc3ccccc3)C2)CCO1. The van der Waals surface area contributed by atoms with Gasteiger partial charge >= 0.3 is 6.03 Å². The van der Waals surface area contributed by atoms with Crippen molar-refractivity contribution in [2.24, 2.45) is 0 Å². The Morgan fingerprint density at radius 3 is 2.83 bits per heavy atom. The lowest BCUT2D eigenvalue weighted by Crippen LogP contribution is -2.51. The molecule has 1 aromatic carbocycles. The van der Waals surface area contributed by atoms with E-state index in [0.717, 1.165) is 5.56 Å². The first-order chi connectivity index (χ1) is 11.1. The summed E-state index contributed by atoms with van der Waals surface area (Å²) in [5.41, 5.74) is 1.11. The average Bonchev–Trinajstić information content (AvgIpc) is 2.88. The average molecular weight is 317 g/mol. The van der Waals surface area contributed by atoms with E-state index in [9.17, 15) is 9.59 Å². The number of benzene rings is 1. The second-order valence-electron chi connectivity index (χ2n) is 6.24. The first-order valence-electron chi connectivity index (χ1n) is 8.10. The zero-order chi connectivity index (χ0) is 16.2. The lowest BCUT2D eigenvalue weighted by Gasteiger charge is -2.32. The highest BCUT2D eigenvalue weighted by molar-refractivity contribution is 5.81. The van der Waals surface area contributed by atoms with Crippen molar-refractivity contribution in [3.05, 3.63) is 35.9 Å². The third kappa shape index (κ3) is 4.01. The molecule has 1 aromatic rings. The molecule has 6 nitrogen and oxygen atoms in total. The summed E-state index contributed by atoms with van der Waals surface area (Å²) < 4.78 is 5.44. The number of carbonyl (C=O) groups excluding carboxylic acids is 2. The highest BCUT2D eigenvalue weighted by atomic mass is 16.5. The predicted molar refractivity (Wildman–Crippen MR) is 85.8 cm³/mol. The Kier molecular flexibility index (Phi) is 4.81. The Morgan fingerprint density at radius 1 is 1.30 bits per heavy atom. The molecule has 2 aliphatic rings. The molecule has 3 amide bonds. The van der Waals surface area contributed by atoms with Crippen LogP contribution in [0.5, 0.6) is 0 Å². The fourth-order valence-corrected chi connectivity index (χ4v) is 3.09. The second kappa shape index (κ2) is 7.00. The monoisotopic (exact) mass is 317 g/mol. The van der Waals surface area contributed by atoms with Crippen LogP contribution < -0.4 is 5.32 Å². The van der Waals surface area contributed by atoms with E-state index in [-0.39, 0.29) is 24.1 Å². The molecule has 0 bridgehead atoms. The Labute approximate surface area is 136 Å². The van der Waals surface area contributed by atoms with Crippen LogP contribution in [-0.2, 0) is 16.1 Å². The number of ether oxygens (including phenoxy) is 1. The zero-order valence-corrected chi connectivity index (χ0v) is 13.4. The molecular formula is C17H23N3O3. The first-order valence-corrected chi connectivity index (χ1v) is 8.10. The summed E-state index contributed by atoms with van der Waals surface area (Å²) >= 11 is 0. The highest BCUT2D eigenvalue weighted by Crippen LogP contribution is 2.15. The number of urea groups is 1. The van der Waals surface area contributed by atoms with Gasteiger partial charge in [-0.1, -0.05) is 30.3 Å². The van der Waals surface area contributed by atoms with Crippen molar-refractivity contribution in [2.75, 3.05) is 26.2 Å². The number of carbonyl (C=O) groups is 2. The molecule has 0 aromatic heterocycles. The fraction of sp³-hybridized carbons (Fsp3) is 0.529. The van der Waals surface area contributed by atoms with Crippen LogP contribution in [0.4, 0.5) is 4.79 Å². The molecule has 0 radical (unpaired) electrons. The molecule has 124 valence electrons. The number of nitrogens with zero attached hydrogens (tertiary/aromatic N) is 2. The molecule has 2 aliphatic heterocycles. The molecule has 1 N–H and O–H groups in total. The molecule has 0 spiro atoms. The van der Waals surface area contributed by atoms with Crippen LogP contribution in [0.3, 0.4) is 0 Å². The van der Waals surface area contributed by atoms with Gasteiger partial charge in [0.05, 0.1) is 18.8 Å². The van der Waals surface area contributed by atoms with E-state index in [2.05, 4.69) is 5.32 Å². The van der Waals surface area contributed by atoms with E-state index >= 15 is 0 Å². The van der Waals surface area contributed by atoms with Crippen LogP contribution >= 0.6 is 0 Å². The Bertz CT molecular complexity index is 563. The minimum absolute atomic E-state index is 0.0642. The van der Waals surface area contributed by atoms with Crippen molar-refractivity contribution < 1.29 is 14.3 Å². The number of hydrogen-bond acceptors (Lipinski definition) is 3. The van der Waals surface area contributed by atoms with Gasteiger partial charge < -0.3 is 19.9 Å². The Hall–Kier alpha value is -2.08. The smallest absolute Gasteiger partial charge is 0.317 e. The standard InChI is InChI=1S/C17H23N3O3/c1-13-10-19(7-8-23-13)17(22)18-15-9-16(21)20(12-15)11-14-5-3-2-4-6-14/h2-6,13,15H,7-12H2,1H3,(H,18,22)/t13-,15+/m0/s1. The molecule has 2 fully saturated rings. The summed E-state index contributed by atoms with van der Waals surface area (Å²) in [6, 6.07) is 9.70. The molecule has 6 heteroatoms. The third-order valence-corrected chi connectivity index (χ3v) is 4.29. The van der Waals surface area contributed by atoms with E-state index < -0.39 is 0 Å². The molecule has 2 saturated heterocycles. The van der Waals surface area contributed by atoms with Crippen LogP contribution in [0.25, 0.3) is 0 Å². The van der Waals surface area contributed by atoms with Gasteiger partial charge in [-0.2, -0.15) is 0 Å². The molecule has 3 rings (SSSR count). The minimum atomic E-state index is -0.114. The molecular weight excluding hydrogens is 294 g/mol. The topological polar surface area (TPSA) is 61.9 Å². The first kappa shape index (κ1) is 15.8. The van der Waals surface area contributed by atoms with Crippen molar-refractivity contribution >= 4 is 11.9 Å². The van der Waals surface area contributed by atoms with Gasteiger partial charge in [0.2, 0.25) is 5.91 Å². The summed E-state index contributed by atoms with van der Waals surface area (Å²) in [5.74, 6) is 0.0921. The molecule has 0 saturated carbocycles. The number of rotatable bonds is 3.